The van der Waals surface area contributed by atoms with Gasteiger partial charge in [-0.25, -0.2) is 0 Å². The lowest BCUT2D eigenvalue weighted by Crippen LogP contribution is -2.35. The van der Waals surface area contributed by atoms with Crippen molar-refractivity contribution in [2.75, 3.05) is 20.1 Å². The third kappa shape index (κ3) is 5.20. The molecule has 94 valence electrons. The Hall–Kier alpha value is -1.06. The molecule has 0 aromatic heterocycles. The van der Waals surface area contributed by atoms with Gasteiger partial charge in [0.05, 0.1) is 6.54 Å². The van der Waals surface area contributed by atoms with Crippen LogP contribution < -0.4 is 5.32 Å². The molecule has 0 atom stereocenters. The maximum atomic E-state index is 11.7. The highest BCUT2D eigenvalue weighted by molar-refractivity contribution is 6.30. The van der Waals surface area contributed by atoms with Gasteiger partial charge in [-0.2, -0.15) is 0 Å². The molecule has 0 aliphatic rings. The van der Waals surface area contributed by atoms with Crippen molar-refractivity contribution in [2.45, 2.75) is 19.9 Å². The normalized spacial score (nSPS) is 10.3. The largest absolute Gasteiger partial charge is 0.340 e. The van der Waals surface area contributed by atoms with Crippen molar-refractivity contribution in [1.29, 1.82) is 0 Å². The van der Waals surface area contributed by atoms with Gasteiger partial charge in [0.25, 0.3) is 0 Å². The number of likely N-dealkylation sites (N-methyl/N-ethyl adjacent to an activating group) is 1. The van der Waals surface area contributed by atoms with Crippen LogP contribution in [0, 0.1) is 0 Å². The number of halogens is 1. The second-order valence-electron chi connectivity index (χ2n) is 4.05. The Kier molecular flexibility index (Phi) is 6.01. The van der Waals surface area contributed by atoms with Crippen LogP contribution in [0.3, 0.4) is 0 Å². The van der Waals surface area contributed by atoms with Crippen LogP contribution in [0.5, 0.6) is 0 Å². The predicted molar refractivity (Wildman–Crippen MR) is 71.1 cm³/mol. The fourth-order valence-electron chi connectivity index (χ4n) is 1.46. The van der Waals surface area contributed by atoms with Gasteiger partial charge in [-0.3, -0.25) is 4.79 Å². The van der Waals surface area contributed by atoms with Gasteiger partial charge in [-0.15, -0.1) is 0 Å². The summed E-state index contributed by atoms with van der Waals surface area (Å²) < 4.78 is 0. The number of nitrogens with one attached hydrogen (secondary N) is 1. The molecular weight excluding hydrogens is 236 g/mol. The van der Waals surface area contributed by atoms with E-state index in [-0.39, 0.29) is 5.91 Å². The third-order valence-corrected chi connectivity index (χ3v) is 2.71. The number of carbonyl (C=O) groups is 1. The molecule has 4 heteroatoms. The Balaban J connectivity index is 2.40. The summed E-state index contributed by atoms with van der Waals surface area (Å²) in [6, 6.07) is 7.55. The molecule has 0 radical (unpaired) electrons. The Bertz CT molecular complexity index is 351. The molecule has 1 rings (SSSR count). The van der Waals surface area contributed by atoms with E-state index in [1.54, 1.807) is 4.90 Å². The van der Waals surface area contributed by atoms with Crippen molar-refractivity contribution >= 4 is 17.5 Å². The topological polar surface area (TPSA) is 32.3 Å². The van der Waals surface area contributed by atoms with Crippen molar-refractivity contribution in [1.82, 2.24) is 10.2 Å². The van der Waals surface area contributed by atoms with Gasteiger partial charge in [0.15, 0.2) is 0 Å². The number of hydrogen-bond donors (Lipinski definition) is 1. The summed E-state index contributed by atoms with van der Waals surface area (Å²) in [5, 5.41) is 3.81. The molecular formula is C13H19ClN2O. The Morgan fingerprint density at radius 3 is 2.59 bits per heavy atom. The molecule has 0 aliphatic carbocycles. The predicted octanol–water partition coefficient (Wildman–Crippen LogP) is 2.30. The second kappa shape index (κ2) is 7.30. The van der Waals surface area contributed by atoms with Gasteiger partial charge < -0.3 is 10.2 Å². The molecule has 0 saturated carbocycles. The molecule has 3 nitrogen and oxygen atoms in total. The zero-order valence-corrected chi connectivity index (χ0v) is 11.1. The van der Waals surface area contributed by atoms with Crippen LogP contribution in [0.4, 0.5) is 0 Å². The average molecular weight is 255 g/mol. The second-order valence-corrected chi connectivity index (χ2v) is 4.49. The van der Waals surface area contributed by atoms with E-state index in [2.05, 4.69) is 12.2 Å². The lowest BCUT2D eigenvalue weighted by molar-refractivity contribution is -0.129. The van der Waals surface area contributed by atoms with Crippen molar-refractivity contribution in [3.63, 3.8) is 0 Å². The van der Waals surface area contributed by atoms with E-state index >= 15 is 0 Å². The number of hydrogen-bond acceptors (Lipinski definition) is 2. The molecule has 0 aliphatic heterocycles. The van der Waals surface area contributed by atoms with E-state index in [9.17, 15) is 4.79 Å². The molecule has 0 heterocycles. The maximum absolute atomic E-state index is 11.7. The Labute approximate surface area is 108 Å². The quantitative estimate of drug-likeness (QED) is 0.790. The number of amides is 1. The summed E-state index contributed by atoms with van der Waals surface area (Å²) in [7, 11) is 1.81. The summed E-state index contributed by atoms with van der Waals surface area (Å²) in [6.07, 6.45) is 1.04. The minimum absolute atomic E-state index is 0.105. The van der Waals surface area contributed by atoms with Gasteiger partial charge in [0, 0.05) is 18.6 Å². The molecule has 17 heavy (non-hydrogen) atoms. The molecule has 1 aromatic rings. The lowest BCUT2D eigenvalue weighted by Gasteiger charge is -2.17. The molecule has 0 fully saturated rings. The van der Waals surface area contributed by atoms with Gasteiger partial charge in [-0.1, -0.05) is 30.7 Å². The van der Waals surface area contributed by atoms with Crippen LogP contribution in [-0.4, -0.2) is 30.9 Å². The third-order valence-electron chi connectivity index (χ3n) is 2.46. The van der Waals surface area contributed by atoms with E-state index in [0.29, 0.717) is 18.1 Å². The molecule has 0 unspecified atom stereocenters. The summed E-state index contributed by atoms with van der Waals surface area (Å²) in [5.74, 6) is 0.105. The molecule has 0 spiro atoms. The number of carbonyl (C=O) groups excluding carboxylic acids is 1. The molecule has 1 N–H and O–H groups in total. The summed E-state index contributed by atoms with van der Waals surface area (Å²) >= 11 is 5.80. The van der Waals surface area contributed by atoms with Crippen LogP contribution in [0.2, 0.25) is 5.02 Å². The number of rotatable bonds is 6. The molecule has 0 bridgehead atoms. The monoisotopic (exact) mass is 254 g/mol. The Morgan fingerprint density at radius 1 is 1.35 bits per heavy atom. The Morgan fingerprint density at radius 2 is 2.00 bits per heavy atom. The molecule has 1 amide bonds. The van der Waals surface area contributed by atoms with Crippen LogP contribution in [0.15, 0.2) is 24.3 Å². The van der Waals surface area contributed by atoms with Crippen LogP contribution >= 0.6 is 11.6 Å². The van der Waals surface area contributed by atoms with Crippen LogP contribution in [-0.2, 0) is 11.3 Å². The van der Waals surface area contributed by atoms with Crippen LogP contribution in [0.25, 0.3) is 0 Å². The minimum atomic E-state index is 0.105. The van der Waals surface area contributed by atoms with Crippen molar-refractivity contribution in [2.24, 2.45) is 0 Å². The standard InChI is InChI=1S/C13H19ClN2O/c1-3-8-15-9-13(17)16(2)10-11-4-6-12(14)7-5-11/h4-7,15H,3,8-10H2,1-2H3. The summed E-state index contributed by atoms with van der Waals surface area (Å²) in [6.45, 7) is 3.97. The van der Waals surface area contributed by atoms with Crippen molar-refractivity contribution in [3.8, 4) is 0 Å². The summed E-state index contributed by atoms with van der Waals surface area (Å²) in [5.41, 5.74) is 1.08. The van der Waals surface area contributed by atoms with Gasteiger partial charge in [0.2, 0.25) is 5.91 Å². The van der Waals surface area contributed by atoms with Gasteiger partial charge >= 0.3 is 0 Å². The van der Waals surface area contributed by atoms with Gasteiger partial charge in [-0.05, 0) is 30.7 Å². The van der Waals surface area contributed by atoms with E-state index < -0.39 is 0 Å². The first-order chi connectivity index (χ1) is 8.13. The van der Waals surface area contributed by atoms with E-state index in [0.717, 1.165) is 18.5 Å². The van der Waals surface area contributed by atoms with E-state index in [1.165, 1.54) is 0 Å². The van der Waals surface area contributed by atoms with E-state index in [4.69, 9.17) is 11.6 Å². The minimum Gasteiger partial charge on any atom is -0.340 e. The fraction of sp³-hybridized carbons (Fsp3) is 0.462. The highest BCUT2D eigenvalue weighted by atomic mass is 35.5. The first-order valence-corrected chi connectivity index (χ1v) is 6.20. The molecule has 1 aromatic carbocycles. The highest BCUT2D eigenvalue weighted by Gasteiger charge is 2.08. The molecule has 0 saturated heterocycles. The smallest absolute Gasteiger partial charge is 0.236 e. The lowest BCUT2D eigenvalue weighted by atomic mass is 10.2. The maximum Gasteiger partial charge on any atom is 0.236 e. The SMILES string of the molecule is CCCNCC(=O)N(C)Cc1ccc(Cl)cc1. The highest BCUT2D eigenvalue weighted by Crippen LogP contribution is 2.10. The van der Waals surface area contributed by atoms with E-state index in [1.807, 2.05) is 31.3 Å². The van der Waals surface area contributed by atoms with Crippen molar-refractivity contribution < 1.29 is 4.79 Å². The average Bonchev–Trinajstić information content (AvgIpc) is 2.32. The number of benzene rings is 1. The van der Waals surface area contributed by atoms with Gasteiger partial charge in [0.1, 0.15) is 0 Å². The van der Waals surface area contributed by atoms with Crippen molar-refractivity contribution in [3.05, 3.63) is 34.9 Å². The zero-order chi connectivity index (χ0) is 12.7. The first kappa shape index (κ1) is 14.0. The number of nitrogens with zero attached hydrogens (tertiary/aromatic N) is 1. The zero-order valence-electron chi connectivity index (χ0n) is 10.4. The van der Waals surface area contributed by atoms with Crippen LogP contribution in [0.1, 0.15) is 18.9 Å². The fourth-order valence-corrected chi connectivity index (χ4v) is 1.58. The summed E-state index contributed by atoms with van der Waals surface area (Å²) in [4.78, 5) is 13.4. The first-order valence-electron chi connectivity index (χ1n) is 5.82.